The van der Waals surface area contributed by atoms with Crippen molar-refractivity contribution >= 4 is 5.97 Å². The fraction of sp³-hybridized carbons (Fsp3) is 0.231. The van der Waals surface area contributed by atoms with Crippen LogP contribution in [0.5, 0.6) is 0 Å². The van der Waals surface area contributed by atoms with Crippen molar-refractivity contribution in [3.8, 4) is 11.1 Å². The third-order valence-corrected chi connectivity index (χ3v) is 2.75. The lowest BCUT2D eigenvalue weighted by molar-refractivity contribution is -0.137. The third kappa shape index (κ3) is 2.81. The summed E-state index contributed by atoms with van der Waals surface area (Å²) >= 11 is 0. The van der Waals surface area contributed by atoms with E-state index in [1.807, 2.05) is 0 Å². The van der Waals surface area contributed by atoms with Crippen molar-refractivity contribution in [2.24, 2.45) is 7.05 Å². The van der Waals surface area contributed by atoms with Crippen molar-refractivity contribution in [1.82, 2.24) is 9.78 Å². The largest absolute Gasteiger partial charge is 0.481 e. The van der Waals surface area contributed by atoms with Crippen molar-refractivity contribution in [3.63, 3.8) is 0 Å². The van der Waals surface area contributed by atoms with E-state index in [-0.39, 0.29) is 16.8 Å². The molecule has 0 fully saturated rings. The van der Waals surface area contributed by atoms with Crippen molar-refractivity contribution in [3.05, 3.63) is 41.7 Å². The van der Waals surface area contributed by atoms with E-state index in [0.29, 0.717) is 0 Å². The second-order valence-electron chi connectivity index (χ2n) is 4.28. The Morgan fingerprint density at radius 2 is 1.95 bits per heavy atom. The summed E-state index contributed by atoms with van der Waals surface area (Å²) in [5.41, 5.74) is -0.580. The van der Waals surface area contributed by atoms with Gasteiger partial charge < -0.3 is 5.11 Å². The summed E-state index contributed by atoms with van der Waals surface area (Å²) in [5.74, 6) is -1.14. The summed E-state index contributed by atoms with van der Waals surface area (Å²) in [7, 11) is 1.53. The fourth-order valence-electron chi connectivity index (χ4n) is 2.00. The number of alkyl halides is 3. The molecule has 0 aliphatic heterocycles. The summed E-state index contributed by atoms with van der Waals surface area (Å²) in [4.78, 5) is 10.8. The Labute approximate surface area is 112 Å². The molecule has 1 heterocycles. The smallest absolute Gasteiger partial charge is 0.417 e. The Bertz CT molecular complexity index is 647. The molecule has 1 N–H and O–H groups in total. The molecule has 0 aliphatic rings. The Balaban J connectivity index is 2.60. The van der Waals surface area contributed by atoms with Gasteiger partial charge in [0.25, 0.3) is 0 Å². The molecular weight excluding hydrogens is 273 g/mol. The first-order chi connectivity index (χ1) is 9.29. The van der Waals surface area contributed by atoms with E-state index in [4.69, 9.17) is 5.11 Å². The predicted octanol–water partition coefficient (Wildman–Crippen LogP) is 2.73. The zero-order valence-corrected chi connectivity index (χ0v) is 10.5. The van der Waals surface area contributed by atoms with Crippen LogP contribution in [0.4, 0.5) is 13.2 Å². The number of aryl methyl sites for hydroxylation is 1. The fourth-order valence-corrected chi connectivity index (χ4v) is 2.00. The van der Waals surface area contributed by atoms with E-state index >= 15 is 0 Å². The SMILES string of the molecule is Cn1cc(-c2ccccc2C(F)(F)F)c(CC(=O)O)n1. The van der Waals surface area contributed by atoms with Crippen LogP contribution >= 0.6 is 0 Å². The minimum Gasteiger partial charge on any atom is -0.481 e. The molecule has 0 amide bonds. The molecule has 4 nitrogen and oxygen atoms in total. The van der Waals surface area contributed by atoms with Crippen LogP contribution < -0.4 is 0 Å². The molecule has 2 rings (SSSR count). The van der Waals surface area contributed by atoms with Crippen LogP contribution in [0.25, 0.3) is 11.1 Å². The topological polar surface area (TPSA) is 55.1 Å². The average Bonchev–Trinajstić information content (AvgIpc) is 2.68. The van der Waals surface area contributed by atoms with Gasteiger partial charge in [0.2, 0.25) is 0 Å². The number of carboxylic acid groups (broad SMARTS) is 1. The van der Waals surface area contributed by atoms with Crippen molar-refractivity contribution in [1.29, 1.82) is 0 Å². The second-order valence-corrected chi connectivity index (χ2v) is 4.28. The van der Waals surface area contributed by atoms with Crippen molar-refractivity contribution in [2.45, 2.75) is 12.6 Å². The van der Waals surface area contributed by atoms with E-state index in [2.05, 4.69) is 5.10 Å². The standard InChI is InChI=1S/C13H11F3N2O2/c1-18-7-9(11(17-18)6-12(19)20)8-4-2-3-5-10(8)13(14,15)16/h2-5,7H,6H2,1H3,(H,19,20). The molecule has 0 saturated heterocycles. The number of aliphatic carboxylic acids is 1. The molecule has 106 valence electrons. The lowest BCUT2D eigenvalue weighted by Crippen LogP contribution is -2.08. The van der Waals surface area contributed by atoms with Gasteiger partial charge in [-0.1, -0.05) is 18.2 Å². The first kappa shape index (κ1) is 14.1. The van der Waals surface area contributed by atoms with Gasteiger partial charge in [0, 0.05) is 18.8 Å². The van der Waals surface area contributed by atoms with Crippen LogP contribution in [-0.4, -0.2) is 20.9 Å². The van der Waals surface area contributed by atoms with Crippen molar-refractivity contribution < 1.29 is 23.1 Å². The molecular formula is C13H11F3N2O2. The van der Waals surface area contributed by atoms with Crippen LogP contribution in [-0.2, 0) is 24.4 Å². The molecule has 0 atom stereocenters. The number of halogens is 3. The number of carboxylic acids is 1. The molecule has 7 heteroatoms. The van der Waals surface area contributed by atoms with Gasteiger partial charge in [0.1, 0.15) is 0 Å². The van der Waals surface area contributed by atoms with Gasteiger partial charge in [-0.2, -0.15) is 18.3 Å². The van der Waals surface area contributed by atoms with Gasteiger partial charge in [0.15, 0.2) is 0 Å². The second kappa shape index (κ2) is 4.99. The van der Waals surface area contributed by atoms with Gasteiger partial charge in [-0.25, -0.2) is 0 Å². The Morgan fingerprint density at radius 3 is 2.55 bits per heavy atom. The third-order valence-electron chi connectivity index (χ3n) is 2.75. The van der Waals surface area contributed by atoms with Crippen LogP contribution in [0.2, 0.25) is 0 Å². The zero-order valence-electron chi connectivity index (χ0n) is 10.5. The zero-order chi connectivity index (χ0) is 14.9. The molecule has 2 aromatic rings. The highest BCUT2D eigenvalue weighted by atomic mass is 19.4. The van der Waals surface area contributed by atoms with Crippen LogP contribution in [0.3, 0.4) is 0 Å². The maximum absolute atomic E-state index is 13.0. The molecule has 1 aromatic heterocycles. The normalized spacial score (nSPS) is 11.6. The summed E-state index contributed by atoms with van der Waals surface area (Å²) in [5, 5.41) is 12.7. The number of carbonyl (C=O) groups is 1. The number of hydrogen-bond donors (Lipinski definition) is 1. The minimum absolute atomic E-state index is 0.0654. The molecule has 0 unspecified atom stereocenters. The van der Waals surface area contributed by atoms with Crippen LogP contribution in [0, 0.1) is 0 Å². The highest BCUT2D eigenvalue weighted by Crippen LogP contribution is 2.37. The molecule has 1 aromatic carbocycles. The highest BCUT2D eigenvalue weighted by molar-refractivity contribution is 5.76. The summed E-state index contributed by atoms with van der Waals surface area (Å²) in [6.07, 6.45) is -3.54. The number of nitrogens with zero attached hydrogens (tertiary/aromatic N) is 2. The van der Waals surface area contributed by atoms with Crippen LogP contribution in [0.1, 0.15) is 11.3 Å². The lowest BCUT2D eigenvalue weighted by Gasteiger charge is -2.12. The monoisotopic (exact) mass is 284 g/mol. The van der Waals surface area contributed by atoms with Crippen LogP contribution in [0.15, 0.2) is 30.5 Å². The van der Waals surface area contributed by atoms with E-state index in [1.165, 1.54) is 36.1 Å². The van der Waals surface area contributed by atoms with E-state index in [1.54, 1.807) is 0 Å². The van der Waals surface area contributed by atoms with E-state index in [0.717, 1.165) is 6.07 Å². The number of hydrogen-bond acceptors (Lipinski definition) is 2. The summed E-state index contributed by atoms with van der Waals surface area (Å²) < 4.78 is 40.3. The summed E-state index contributed by atoms with van der Waals surface area (Å²) in [6.45, 7) is 0. The van der Waals surface area contributed by atoms with Gasteiger partial charge in [-0.15, -0.1) is 0 Å². The first-order valence-corrected chi connectivity index (χ1v) is 5.70. The Kier molecular flexibility index (Phi) is 3.52. The highest BCUT2D eigenvalue weighted by Gasteiger charge is 2.34. The molecule has 0 aliphatic carbocycles. The lowest BCUT2D eigenvalue weighted by atomic mass is 9.99. The molecule has 20 heavy (non-hydrogen) atoms. The average molecular weight is 284 g/mol. The van der Waals surface area contributed by atoms with Crippen molar-refractivity contribution in [2.75, 3.05) is 0 Å². The molecule has 0 saturated carbocycles. The Hall–Kier alpha value is -2.31. The Morgan fingerprint density at radius 1 is 1.30 bits per heavy atom. The molecule has 0 radical (unpaired) electrons. The maximum atomic E-state index is 13.0. The van der Waals surface area contributed by atoms with E-state index < -0.39 is 24.1 Å². The van der Waals surface area contributed by atoms with Gasteiger partial charge >= 0.3 is 12.1 Å². The quantitative estimate of drug-likeness (QED) is 0.942. The maximum Gasteiger partial charge on any atom is 0.417 e. The number of aromatic nitrogens is 2. The number of rotatable bonds is 3. The minimum atomic E-state index is -4.51. The first-order valence-electron chi connectivity index (χ1n) is 5.70. The summed E-state index contributed by atoms with van der Waals surface area (Å²) in [6, 6.07) is 5.04. The molecule has 0 spiro atoms. The molecule has 0 bridgehead atoms. The van der Waals surface area contributed by atoms with Gasteiger partial charge in [0.05, 0.1) is 17.7 Å². The number of benzene rings is 1. The van der Waals surface area contributed by atoms with E-state index in [9.17, 15) is 18.0 Å². The predicted molar refractivity (Wildman–Crippen MR) is 65.0 cm³/mol. The van der Waals surface area contributed by atoms with Gasteiger partial charge in [-0.05, 0) is 11.6 Å². The van der Waals surface area contributed by atoms with Gasteiger partial charge in [-0.3, -0.25) is 9.48 Å².